The van der Waals surface area contributed by atoms with Crippen molar-refractivity contribution in [3.05, 3.63) is 11.6 Å². The SMILES string of the molecule is CC1(C)[C@H]2CC=C(CN3CCCN(C(=O)[C@@H]4CCCO4)CC3)[C@@H]1C2. The molecule has 0 aromatic heterocycles. The maximum absolute atomic E-state index is 12.6. The van der Waals surface area contributed by atoms with Crippen LogP contribution in [-0.4, -0.2) is 61.1 Å². The molecule has 0 N–H and O–H groups in total. The molecule has 3 aliphatic carbocycles. The van der Waals surface area contributed by atoms with Gasteiger partial charge >= 0.3 is 0 Å². The Morgan fingerprint density at radius 3 is 2.83 bits per heavy atom. The third-order valence-electron chi connectivity index (χ3n) is 7.09. The number of allylic oxidation sites excluding steroid dienone is 1. The lowest BCUT2D eigenvalue weighted by molar-refractivity contribution is -0.140. The number of fused-ring (bicyclic) bond motifs is 1. The van der Waals surface area contributed by atoms with Gasteiger partial charge < -0.3 is 9.64 Å². The van der Waals surface area contributed by atoms with Crippen molar-refractivity contribution < 1.29 is 9.53 Å². The monoisotopic (exact) mass is 332 g/mol. The summed E-state index contributed by atoms with van der Waals surface area (Å²) in [4.78, 5) is 17.2. The fraction of sp³-hybridized carbons (Fsp3) is 0.850. The Labute approximate surface area is 146 Å². The van der Waals surface area contributed by atoms with Gasteiger partial charge in [-0.25, -0.2) is 0 Å². The molecule has 3 atom stereocenters. The van der Waals surface area contributed by atoms with E-state index in [1.54, 1.807) is 5.57 Å². The van der Waals surface area contributed by atoms with Crippen LogP contribution in [0.15, 0.2) is 11.6 Å². The molecule has 5 aliphatic rings. The summed E-state index contributed by atoms with van der Waals surface area (Å²) in [6.45, 7) is 10.6. The van der Waals surface area contributed by atoms with Gasteiger partial charge in [0.25, 0.3) is 5.91 Å². The van der Waals surface area contributed by atoms with Crippen LogP contribution in [0.4, 0.5) is 0 Å². The Balaban J connectivity index is 1.32. The van der Waals surface area contributed by atoms with E-state index in [0.29, 0.717) is 5.41 Å². The zero-order valence-corrected chi connectivity index (χ0v) is 15.3. The van der Waals surface area contributed by atoms with Gasteiger partial charge in [-0.1, -0.05) is 25.5 Å². The average molecular weight is 332 g/mol. The Kier molecular flexibility index (Phi) is 4.46. The number of carbonyl (C=O) groups is 1. The molecule has 0 aromatic rings. The number of hydrogen-bond acceptors (Lipinski definition) is 3. The molecule has 2 saturated heterocycles. The van der Waals surface area contributed by atoms with Crippen molar-refractivity contribution in [1.82, 2.24) is 9.80 Å². The van der Waals surface area contributed by atoms with E-state index in [1.165, 1.54) is 12.8 Å². The molecular weight excluding hydrogens is 300 g/mol. The highest BCUT2D eigenvalue weighted by atomic mass is 16.5. The van der Waals surface area contributed by atoms with Gasteiger partial charge in [-0.15, -0.1) is 0 Å². The zero-order chi connectivity index (χ0) is 16.7. The fourth-order valence-electron chi connectivity index (χ4n) is 5.24. The van der Waals surface area contributed by atoms with Gasteiger partial charge in [-0.05, 0) is 49.4 Å². The predicted molar refractivity (Wildman–Crippen MR) is 94.7 cm³/mol. The van der Waals surface area contributed by atoms with Crippen molar-refractivity contribution >= 4 is 5.91 Å². The summed E-state index contributed by atoms with van der Waals surface area (Å²) < 4.78 is 5.59. The van der Waals surface area contributed by atoms with Crippen LogP contribution in [0.3, 0.4) is 0 Å². The van der Waals surface area contributed by atoms with Gasteiger partial charge in [0.15, 0.2) is 0 Å². The van der Waals surface area contributed by atoms with Crippen LogP contribution in [0.5, 0.6) is 0 Å². The summed E-state index contributed by atoms with van der Waals surface area (Å²) in [5.74, 6) is 1.94. The second kappa shape index (κ2) is 6.45. The second-order valence-electron chi connectivity index (χ2n) is 8.78. The predicted octanol–water partition coefficient (Wildman–Crippen LogP) is 2.69. The quantitative estimate of drug-likeness (QED) is 0.745. The van der Waals surface area contributed by atoms with Crippen molar-refractivity contribution in [3.63, 3.8) is 0 Å². The van der Waals surface area contributed by atoms with Crippen LogP contribution < -0.4 is 0 Å². The van der Waals surface area contributed by atoms with Crippen molar-refractivity contribution in [1.29, 1.82) is 0 Å². The maximum atomic E-state index is 12.6. The maximum Gasteiger partial charge on any atom is 0.251 e. The van der Waals surface area contributed by atoms with Crippen molar-refractivity contribution in [2.75, 3.05) is 39.3 Å². The Morgan fingerprint density at radius 2 is 2.12 bits per heavy atom. The Bertz CT molecular complexity index is 522. The summed E-state index contributed by atoms with van der Waals surface area (Å²) >= 11 is 0. The van der Waals surface area contributed by atoms with Crippen LogP contribution in [0.1, 0.15) is 46.0 Å². The van der Waals surface area contributed by atoms with E-state index in [2.05, 4.69) is 29.7 Å². The summed E-state index contributed by atoms with van der Waals surface area (Å²) in [5, 5.41) is 0. The van der Waals surface area contributed by atoms with Gasteiger partial charge in [0.1, 0.15) is 6.10 Å². The topological polar surface area (TPSA) is 32.8 Å². The number of nitrogens with zero attached hydrogens (tertiary/aromatic N) is 2. The molecule has 0 spiro atoms. The molecule has 4 heteroatoms. The molecule has 1 saturated carbocycles. The first-order chi connectivity index (χ1) is 11.6. The number of rotatable bonds is 3. The summed E-state index contributed by atoms with van der Waals surface area (Å²) in [6.07, 6.45) is 8.05. The number of amides is 1. The molecule has 24 heavy (non-hydrogen) atoms. The molecule has 2 bridgehead atoms. The highest BCUT2D eigenvalue weighted by molar-refractivity contribution is 5.81. The highest BCUT2D eigenvalue weighted by Gasteiger charge is 2.51. The highest BCUT2D eigenvalue weighted by Crippen LogP contribution is 2.59. The lowest BCUT2D eigenvalue weighted by Crippen LogP contribution is -2.50. The molecule has 2 aliphatic heterocycles. The van der Waals surface area contributed by atoms with E-state index in [4.69, 9.17) is 4.74 Å². The zero-order valence-electron chi connectivity index (χ0n) is 15.3. The Hall–Kier alpha value is -0.870. The first-order valence-electron chi connectivity index (χ1n) is 9.87. The third kappa shape index (κ3) is 2.92. The molecule has 5 rings (SSSR count). The summed E-state index contributed by atoms with van der Waals surface area (Å²) in [5.41, 5.74) is 2.18. The molecule has 3 fully saturated rings. The van der Waals surface area contributed by atoms with Gasteiger partial charge in [-0.3, -0.25) is 9.69 Å². The molecule has 4 nitrogen and oxygen atoms in total. The number of hydrogen-bond donors (Lipinski definition) is 0. The van der Waals surface area contributed by atoms with Crippen LogP contribution in [0.25, 0.3) is 0 Å². The molecule has 1 amide bonds. The van der Waals surface area contributed by atoms with E-state index in [0.717, 1.165) is 70.4 Å². The largest absolute Gasteiger partial charge is 0.368 e. The lowest BCUT2D eigenvalue weighted by atomic mass is 9.49. The first kappa shape index (κ1) is 16.6. The van der Waals surface area contributed by atoms with Gasteiger partial charge in [-0.2, -0.15) is 0 Å². The first-order valence-corrected chi connectivity index (χ1v) is 9.87. The van der Waals surface area contributed by atoms with Crippen LogP contribution >= 0.6 is 0 Å². The number of ether oxygens (including phenoxy) is 1. The van der Waals surface area contributed by atoms with E-state index >= 15 is 0 Å². The minimum absolute atomic E-state index is 0.162. The fourth-order valence-corrected chi connectivity index (χ4v) is 5.24. The van der Waals surface area contributed by atoms with Crippen LogP contribution in [-0.2, 0) is 9.53 Å². The third-order valence-corrected chi connectivity index (χ3v) is 7.09. The minimum atomic E-state index is -0.162. The number of carbonyl (C=O) groups excluding carboxylic acids is 1. The summed E-state index contributed by atoms with van der Waals surface area (Å²) in [7, 11) is 0. The van der Waals surface area contributed by atoms with Crippen molar-refractivity contribution in [3.8, 4) is 0 Å². The molecular formula is C20H32N2O2. The molecule has 0 aromatic carbocycles. The van der Waals surface area contributed by atoms with E-state index in [-0.39, 0.29) is 12.0 Å². The molecule has 134 valence electrons. The van der Waals surface area contributed by atoms with Crippen LogP contribution in [0.2, 0.25) is 0 Å². The molecule has 0 unspecified atom stereocenters. The van der Waals surface area contributed by atoms with Crippen molar-refractivity contribution in [2.24, 2.45) is 17.3 Å². The van der Waals surface area contributed by atoms with E-state index < -0.39 is 0 Å². The van der Waals surface area contributed by atoms with E-state index in [1.807, 2.05) is 0 Å². The van der Waals surface area contributed by atoms with E-state index in [9.17, 15) is 4.79 Å². The summed E-state index contributed by atoms with van der Waals surface area (Å²) in [6, 6.07) is 0. The van der Waals surface area contributed by atoms with Gasteiger partial charge in [0, 0.05) is 39.3 Å². The lowest BCUT2D eigenvalue weighted by Gasteiger charge is -2.57. The smallest absolute Gasteiger partial charge is 0.251 e. The van der Waals surface area contributed by atoms with Gasteiger partial charge in [0.2, 0.25) is 0 Å². The normalized spacial score (nSPS) is 36.0. The second-order valence-corrected chi connectivity index (χ2v) is 8.78. The standard InChI is InChI=1S/C20H32N2O2/c1-20(2)16-7-6-15(17(20)13-16)14-21-8-4-9-22(11-10-21)19(23)18-5-3-12-24-18/h6,16-18H,3-5,7-14H2,1-2H3/t16-,17-,18-/m0/s1. The molecule has 0 radical (unpaired) electrons. The Morgan fingerprint density at radius 1 is 1.25 bits per heavy atom. The molecule has 2 heterocycles. The van der Waals surface area contributed by atoms with Gasteiger partial charge in [0.05, 0.1) is 0 Å². The van der Waals surface area contributed by atoms with Crippen molar-refractivity contribution in [2.45, 2.75) is 52.1 Å². The average Bonchev–Trinajstić information content (AvgIpc) is 3.02. The van der Waals surface area contributed by atoms with Crippen LogP contribution in [0, 0.1) is 17.3 Å². The minimum Gasteiger partial charge on any atom is -0.368 e.